The highest BCUT2D eigenvalue weighted by Crippen LogP contribution is 2.27. The molecule has 20 heavy (non-hydrogen) atoms. The molecule has 2 N–H and O–H groups in total. The summed E-state index contributed by atoms with van der Waals surface area (Å²) in [6.45, 7) is 4.80. The lowest BCUT2D eigenvalue weighted by Gasteiger charge is -2.17. The summed E-state index contributed by atoms with van der Waals surface area (Å²) < 4.78 is 0. The molecular formula is C17H26N2O. The van der Waals surface area contributed by atoms with Crippen molar-refractivity contribution in [2.75, 3.05) is 11.9 Å². The second-order valence-electron chi connectivity index (χ2n) is 5.92. The number of hydrogen-bond donors (Lipinski definition) is 2. The maximum Gasteiger partial charge on any atom is 0.221 e. The third kappa shape index (κ3) is 4.64. The summed E-state index contributed by atoms with van der Waals surface area (Å²) >= 11 is 0. The Bertz CT molecular complexity index is 438. The third-order valence-electron chi connectivity index (χ3n) is 4.18. The molecule has 0 bridgehead atoms. The number of carbonyl (C=O) groups is 1. The molecule has 110 valence electrons. The smallest absolute Gasteiger partial charge is 0.221 e. The van der Waals surface area contributed by atoms with Gasteiger partial charge in [-0.2, -0.15) is 0 Å². The lowest BCUT2D eigenvalue weighted by Crippen LogP contribution is -2.21. The molecule has 1 aliphatic carbocycles. The molecular weight excluding hydrogens is 248 g/mol. The molecule has 0 aliphatic heterocycles. The van der Waals surface area contributed by atoms with Crippen molar-refractivity contribution in [2.24, 2.45) is 5.92 Å². The summed E-state index contributed by atoms with van der Waals surface area (Å²) in [7, 11) is 0. The summed E-state index contributed by atoms with van der Waals surface area (Å²) in [6, 6.07) is 8.41. The van der Waals surface area contributed by atoms with Crippen LogP contribution in [0.1, 0.15) is 57.6 Å². The normalized spacial score (nSPS) is 17.1. The predicted molar refractivity (Wildman–Crippen MR) is 83.7 cm³/mol. The van der Waals surface area contributed by atoms with Gasteiger partial charge < -0.3 is 10.6 Å². The van der Waals surface area contributed by atoms with Crippen molar-refractivity contribution < 1.29 is 4.79 Å². The van der Waals surface area contributed by atoms with Crippen molar-refractivity contribution in [1.82, 2.24) is 5.32 Å². The van der Waals surface area contributed by atoms with Crippen molar-refractivity contribution in [1.29, 1.82) is 0 Å². The molecule has 0 spiro atoms. The van der Waals surface area contributed by atoms with Crippen LogP contribution >= 0.6 is 0 Å². The molecule has 0 heterocycles. The average Bonchev–Trinajstić information content (AvgIpc) is 2.91. The van der Waals surface area contributed by atoms with Crippen LogP contribution in [0, 0.1) is 5.92 Å². The number of amides is 1. The highest BCUT2D eigenvalue weighted by Gasteiger charge is 2.14. The number of carbonyl (C=O) groups excluding carboxylic acids is 1. The molecule has 1 atom stereocenters. The Balaban J connectivity index is 1.81. The lowest BCUT2D eigenvalue weighted by molar-refractivity contribution is -0.114. The van der Waals surface area contributed by atoms with E-state index in [0.717, 1.165) is 18.2 Å². The molecule has 1 aromatic carbocycles. The van der Waals surface area contributed by atoms with Gasteiger partial charge in [0.05, 0.1) is 0 Å². The number of rotatable bonds is 6. The quantitative estimate of drug-likeness (QED) is 0.826. The maximum atomic E-state index is 11.1. The van der Waals surface area contributed by atoms with Crippen LogP contribution in [0.25, 0.3) is 0 Å². The number of benzene rings is 1. The molecule has 3 nitrogen and oxygen atoms in total. The molecule has 0 radical (unpaired) electrons. The largest absolute Gasteiger partial charge is 0.326 e. The Morgan fingerprint density at radius 3 is 2.80 bits per heavy atom. The topological polar surface area (TPSA) is 41.1 Å². The van der Waals surface area contributed by atoms with Crippen molar-refractivity contribution in [3.8, 4) is 0 Å². The van der Waals surface area contributed by atoms with Crippen LogP contribution in [0.2, 0.25) is 0 Å². The van der Waals surface area contributed by atoms with E-state index in [-0.39, 0.29) is 5.91 Å². The van der Waals surface area contributed by atoms with E-state index in [2.05, 4.69) is 29.7 Å². The fraction of sp³-hybridized carbons (Fsp3) is 0.588. The van der Waals surface area contributed by atoms with Gasteiger partial charge in [0.25, 0.3) is 0 Å². The summed E-state index contributed by atoms with van der Waals surface area (Å²) in [6.07, 6.45) is 6.94. The third-order valence-corrected chi connectivity index (χ3v) is 4.18. The summed E-state index contributed by atoms with van der Waals surface area (Å²) in [4.78, 5) is 11.1. The van der Waals surface area contributed by atoms with Crippen LogP contribution < -0.4 is 10.6 Å². The molecule has 1 saturated carbocycles. The molecule has 1 amide bonds. The minimum atomic E-state index is -0.0241. The minimum absolute atomic E-state index is 0.0241. The first-order valence-corrected chi connectivity index (χ1v) is 7.76. The van der Waals surface area contributed by atoms with Crippen LogP contribution in [0.5, 0.6) is 0 Å². The lowest BCUT2D eigenvalue weighted by atomic mass is 10.0. The first-order valence-electron chi connectivity index (χ1n) is 7.76. The van der Waals surface area contributed by atoms with Crippen molar-refractivity contribution >= 4 is 11.6 Å². The van der Waals surface area contributed by atoms with Crippen molar-refractivity contribution in [2.45, 2.75) is 52.0 Å². The van der Waals surface area contributed by atoms with E-state index in [4.69, 9.17) is 0 Å². The van der Waals surface area contributed by atoms with Gasteiger partial charge in [-0.3, -0.25) is 4.79 Å². The molecule has 1 aromatic rings. The van der Waals surface area contributed by atoms with E-state index >= 15 is 0 Å². The van der Waals surface area contributed by atoms with E-state index < -0.39 is 0 Å². The molecule has 1 fully saturated rings. The molecule has 3 heteroatoms. The zero-order chi connectivity index (χ0) is 14.4. The molecule has 1 unspecified atom stereocenters. The SMILES string of the molecule is CC(=O)Nc1cccc(C(C)NCCC2CCCC2)c1. The zero-order valence-corrected chi connectivity index (χ0v) is 12.6. The fourth-order valence-corrected chi connectivity index (χ4v) is 3.01. The Morgan fingerprint density at radius 1 is 1.35 bits per heavy atom. The van der Waals surface area contributed by atoms with E-state index in [1.54, 1.807) is 0 Å². The predicted octanol–water partition coefficient (Wildman–Crippen LogP) is 3.88. The van der Waals surface area contributed by atoms with Gasteiger partial charge in [-0.15, -0.1) is 0 Å². The van der Waals surface area contributed by atoms with Gasteiger partial charge in [0.15, 0.2) is 0 Å². The molecule has 0 saturated heterocycles. The molecule has 1 aliphatic rings. The van der Waals surface area contributed by atoms with Crippen molar-refractivity contribution in [3.63, 3.8) is 0 Å². The van der Waals surface area contributed by atoms with E-state index in [9.17, 15) is 4.79 Å². The molecule has 0 aromatic heterocycles. The highest BCUT2D eigenvalue weighted by molar-refractivity contribution is 5.88. The van der Waals surface area contributed by atoms with Gasteiger partial charge in [-0.1, -0.05) is 37.8 Å². The van der Waals surface area contributed by atoms with Crippen LogP contribution in [-0.4, -0.2) is 12.5 Å². The summed E-state index contributed by atoms with van der Waals surface area (Å²) in [5, 5.41) is 6.43. The van der Waals surface area contributed by atoms with Gasteiger partial charge in [0, 0.05) is 18.7 Å². The van der Waals surface area contributed by atoms with Gasteiger partial charge in [-0.25, -0.2) is 0 Å². The average molecular weight is 274 g/mol. The van der Waals surface area contributed by atoms with Gasteiger partial charge in [0.1, 0.15) is 0 Å². The van der Waals surface area contributed by atoms with Crippen LogP contribution in [0.4, 0.5) is 5.69 Å². The number of anilines is 1. The zero-order valence-electron chi connectivity index (χ0n) is 12.6. The monoisotopic (exact) mass is 274 g/mol. The standard InChI is InChI=1S/C17H26N2O/c1-13(18-11-10-15-6-3-4-7-15)16-8-5-9-17(12-16)19-14(2)20/h5,8-9,12-13,15,18H,3-4,6-7,10-11H2,1-2H3,(H,19,20). The van der Waals surface area contributed by atoms with E-state index in [0.29, 0.717) is 6.04 Å². The van der Waals surface area contributed by atoms with E-state index in [1.165, 1.54) is 44.6 Å². The number of hydrogen-bond acceptors (Lipinski definition) is 2. The Kier molecular flexibility index (Phi) is 5.60. The maximum absolute atomic E-state index is 11.1. The number of nitrogens with one attached hydrogen (secondary N) is 2. The highest BCUT2D eigenvalue weighted by atomic mass is 16.1. The van der Waals surface area contributed by atoms with Gasteiger partial charge >= 0.3 is 0 Å². The summed E-state index contributed by atoms with van der Waals surface area (Å²) in [5.74, 6) is 0.907. The van der Waals surface area contributed by atoms with E-state index in [1.807, 2.05) is 12.1 Å². The van der Waals surface area contributed by atoms with Crippen LogP contribution in [0.15, 0.2) is 24.3 Å². The first-order chi connectivity index (χ1) is 9.65. The Hall–Kier alpha value is -1.35. The van der Waals surface area contributed by atoms with Gasteiger partial charge in [0.2, 0.25) is 5.91 Å². The second kappa shape index (κ2) is 7.44. The van der Waals surface area contributed by atoms with Crippen LogP contribution in [0.3, 0.4) is 0 Å². The Morgan fingerprint density at radius 2 is 2.10 bits per heavy atom. The second-order valence-corrected chi connectivity index (χ2v) is 5.92. The Labute approximate surface area is 122 Å². The fourth-order valence-electron chi connectivity index (χ4n) is 3.01. The van der Waals surface area contributed by atoms with Gasteiger partial charge in [-0.05, 0) is 43.5 Å². The minimum Gasteiger partial charge on any atom is -0.326 e. The molecule has 2 rings (SSSR count). The van der Waals surface area contributed by atoms with Crippen LogP contribution in [-0.2, 0) is 4.79 Å². The summed E-state index contributed by atoms with van der Waals surface area (Å²) in [5.41, 5.74) is 2.10. The first kappa shape index (κ1) is 15.0. The van der Waals surface area contributed by atoms with Crippen molar-refractivity contribution in [3.05, 3.63) is 29.8 Å².